The van der Waals surface area contributed by atoms with Crippen LogP contribution >= 0.6 is 12.6 Å². The van der Waals surface area contributed by atoms with Crippen molar-refractivity contribution in [2.75, 3.05) is 0 Å². The zero-order valence-corrected chi connectivity index (χ0v) is 7.18. The molecule has 0 saturated carbocycles. The third-order valence-corrected chi connectivity index (χ3v) is 2.57. The van der Waals surface area contributed by atoms with Gasteiger partial charge in [-0.05, 0) is 19.3 Å². The van der Waals surface area contributed by atoms with Crippen LogP contribution in [0.1, 0.15) is 24.2 Å². The first-order valence-electron chi connectivity index (χ1n) is 3.97. The molecular formula is C8H11NOS. The summed E-state index contributed by atoms with van der Waals surface area (Å²) in [5.74, 6) is 1.04. The minimum Gasteiger partial charge on any atom is -0.361 e. The van der Waals surface area contributed by atoms with Gasteiger partial charge in [-0.2, -0.15) is 12.6 Å². The van der Waals surface area contributed by atoms with Gasteiger partial charge in [-0.3, -0.25) is 0 Å². The maximum atomic E-state index is 5.11. The number of hydrogen-bond acceptors (Lipinski definition) is 3. The van der Waals surface area contributed by atoms with Crippen molar-refractivity contribution in [1.82, 2.24) is 5.16 Å². The molecule has 2 rings (SSSR count). The summed E-state index contributed by atoms with van der Waals surface area (Å²) in [7, 11) is 0. The van der Waals surface area contributed by atoms with E-state index in [1.54, 1.807) is 0 Å². The van der Waals surface area contributed by atoms with Gasteiger partial charge in [-0.25, -0.2) is 0 Å². The maximum Gasteiger partial charge on any atom is 0.140 e. The van der Waals surface area contributed by atoms with Crippen LogP contribution < -0.4 is 0 Å². The van der Waals surface area contributed by atoms with Gasteiger partial charge in [0, 0.05) is 17.2 Å². The summed E-state index contributed by atoms with van der Waals surface area (Å²) in [4.78, 5) is 0. The van der Waals surface area contributed by atoms with Crippen molar-refractivity contribution in [3.8, 4) is 0 Å². The topological polar surface area (TPSA) is 26.0 Å². The van der Waals surface area contributed by atoms with E-state index in [0.717, 1.165) is 18.6 Å². The Kier molecular flexibility index (Phi) is 1.90. The van der Waals surface area contributed by atoms with Crippen LogP contribution in [0.3, 0.4) is 0 Å². The van der Waals surface area contributed by atoms with Crippen LogP contribution in [-0.4, -0.2) is 10.4 Å². The predicted molar refractivity (Wildman–Crippen MR) is 45.9 cm³/mol. The molecule has 1 aliphatic rings. The van der Waals surface area contributed by atoms with Crippen molar-refractivity contribution in [2.45, 2.75) is 30.9 Å². The molecule has 0 spiro atoms. The van der Waals surface area contributed by atoms with E-state index in [0.29, 0.717) is 5.25 Å². The molecule has 0 saturated heterocycles. The van der Waals surface area contributed by atoms with E-state index >= 15 is 0 Å². The van der Waals surface area contributed by atoms with E-state index in [2.05, 4.69) is 17.8 Å². The maximum absolute atomic E-state index is 5.11. The Balaban J connectivity index is 2.26. The van der Waals surface area contributed by atoms with Gasteiger partial charge in [0.1, 0.15) is 5.76 Å². The lowest BCUT2D eigenvalue weighted by atomic mass is 10.2. The second kappa shape index (κ2) is 2.89. The van der Waals surface area contributed by atoms with Crippen LogP contribution in [0.2, 0.25) is 0 Å². The Morgan fingerprint density at radius 1 is 1.64 bits per heavy atom. The predicted octanol–water partition coefficient (Wildman–Crippen LogP) is 1.85. The van der Waals surface area contributed by atoms with Gasteiger partial charge in [0.2, 0.25) is 0 Å². The second-order valence-corrected chi connectivity index (χ2v) is 3.75. The summed E-state index contributed by atoms with van der Waals surface area (Å²) in [6, 6.07) is 0. The Morgan fingerprint density at radius 2 is 2.55 bits per heavy atom. The van der Waals surface area contributed by atoms with Crippen molar-refractivity contribution in [1.29, 1.82) is 0 Å². The fourth-order valence-electron chi connectivity index (χ4n) is 1.50. The van der Waals surface area contributed by atoms with Gasteiger partial charge >= 0.3 is 0 Å². The molecule has 1 atom stereocenters. The quantitative estimate of drug-likeness (QED) is 0.474. The van der Waals surface area contributed by atoms with Crippen LogP contribution in [0.25, 0.3) is 0 Å². The minimum atomic E-state index is 0.462. The molecule has 60 valence electrons. The van der Waals surface area contributed by atoms with E-state index in [9.17, 15) is 0 Å². The van der Waals surface area contributed by atoms with E-state index in [1.165, 1.54) is 18.4 Å². The zero-order valence-electron chi connectivity index (χ0n) is 6.29. The monoisotopic (exact) mass is 169 g/mol. The van der Waals surface area contributed by atoms with E-state index in [4.69, 9.17) is 4.52 Å². The highest BCUT2D eigenvalue weighted by atomic mass is 32.1. The average Bonchev–Trinajstić information content (AvgIpc) is 2.31. The summed E-state index contributed by atoms with van der Waals surface area (Å²) < 4.78 is 5.11. The van der Waals surface area contributed by atoms with Gasteiger partial charge in [0.15, 0.2) is 0 Å². The van der Waals surface area contributed by atoms with Gasteiger partial charge in [-0.15, -0.1) is 0 Å². The second-order valence-electron chi connectivity index (χ2n) is 3.02. The van der Waals surface area contributed by atoms with E-state index in [-0.39, 0.29) is 0 Å². The van der Waals surface area contributed by atoms with Crippen LogP contribution in [-0.2, 0) is 12.8 Å². The Morgan fingerprint density at radius 3 is 3.45 bits per heavy atom. The van der Waals surface area contributed by atoms with Crippen molar-refractivity contribution >= 4 is 12.6 Å². The van der Waals surface area contributed by atoms with E-state index < -0.39 is 0 Å². The number of aryl methyl sites for hydroxylation is 1. The van der Waals surface area contributed by atoms with Gasteiger partial charge < -0.3 is 4.52 Å². The molecule has 2 nitrogen and oxygen atoms in total. The SMILES string of the molecule is SC1CCCc2cnoc2C1. The number of thiol groups is 1. The molecule has 1 unspecified atom stereocenters. The lowest BCUT2D eigenvalue weighted by molar-refractivity contribution is 0.382. The molecule has 0 N–H and O–H groups in total. The number of rotatable bonds is 0. The molecule has 1 aromatic heterocycles. The summed E-state index contributed by atoms with van der Waals surface area (Å²) in [5, 5.41) is 4.23. The summed E-state index contributed by atoms with van der Waals surface area (Å²) in [5.41, 5.74) is 1.28. The van der Waals surface area contributed by atoms with Crippen molar-refractivity contribution in [2.24, 2.45) is 0 Å². The highest BCUT2D eigenvalue weighted by molar-refractivity contribution is 7.80. The Bertz CT molecular complexity index is 246. The lowest BCUT2D eigenvalue weighted by Crippen LogP contribution is -1.99. The first-order valence-corrected chi connectivity index (χ1v) is 4.48. The molecule has 11 heavy (non-hydrogen) atoms. The molecule has 0 radical (unpaired) electrons. The normalized spacial score (nSPS) is 24.3. The van der Waals surface area contributed by atoms with E-state index in [1.807, 2.05) is 6.20 Å². The fourth-order valence-corrected chi connectivity index (χ4v) is 1.85. The average molecular weight is 169 g/mol. The van der Waals surface area contributed by atoms with Crippen LogP contribution in [0, 0.1) is 0 Å². The minimum absolute atomic E-state index is 0.462. The van der Waals surface area contributed by atoms with Gasteiger partial charge in [0.25, 0.3) is 0 Å². The van der Waals surface area contributed by atoms with Gasteiger partial charge in [-0.1, -0.05) is 5.16 Å². The Labute approximate surface area is 71.4 Å². The van der Waals surface area contributed by atoms with Crippen LogP contribution in [0.4, 0.5) is 0 Å². The number of fused-ring (bicyclic) bond motifs is 1. The smallest absolute Gasteiger partial charge is 0.140 e. The first kappa shape index (κ1) is 7.22. The number of hydrogen-bond donors (Lipinski definition) is 1. The van der Waals surface area contributed by atoms with Crippen molar-refractivity contribution in [3.05, 3.63) is 17.5 Å². The standard InChI is InChI=1S/C8H11NOS/c11-7-3-1-2-6-5-9-10-8(6)4-7/h5,7,11H,1-4H2. The number of aromatic nitrogens is 1. The third kappa shape index (κ3) is 1.43. The molecule has 3 heteroatoms. The fraction of sp³-hybridized carbons (Fsp3) is 0.625. The first-order chi connectivity index (χ1) is 5.36. The van der Waals surface area contributed by atoms with Crippen LogP contribution in [0.15, 0.2) is 10.7 Å². The summed E-state index contributed by atoms with van der Waals surface area (Å²) >= 11 is 4.44. The molecule has 0 amide bonds. The molecule has 1 aliphatic carbocycles. The van der Waals surface area contributed by atoms with Crippen molar-refractivity contribution in [3.63, 3.8) is 0 Å². The summed E-state index contributed by atoms with van der Waals surface area (Å²) in [6.45, 7) is 0. The van der Waals surface area contributed by atoms with Crippen LogP contribution in [0.5, 0.6) is 0 Å². The number of nitrogens with zero attached hydrogens (tertiary/aromatic N) is 1. The third-order valence-electron chi connectivity index (χ3n) is 2.13. The molecular weight excluding hydrogens is 158 g/mol. The molecule has 1 aromatic rings. The molecule has 0 bridgehead atoms. The molecule has 0 aromatic carbocycles. The highest BCUT2D eigenvalue weighted by Crippen LogP contribution is 2.22. The highest BCUT2D eigenvalue weighted by Gasteiger charge is 2.16. The Hall–Kier alpha value is -0.440. The molecule has 1 heterocycles. The van der Waals surface area contributed by atoms with Gasteiger partial charge in [0.05, 0.1) is 6.20 Å². The summed E-state index contributed by atoms with van der Waals surface area (Å²) in [6.07, 6.45) is 6.28. The largest absolute Gasteiger partial charge is 0.361 e. The molecule has 0 aliphatic heterocycles. The van der Waals surface area contributed by atoms with Crippen molar-refractivity contribution < 1.29 is 4.52 Å². The lowest BCUT2D eigenvalue weighted by Gasteiger charge is -2.02. The molecule has 0 fully saturated rings. The zero-order chi connectivity index (χ0) is 7.68.